The number of unbranched alkanes of at least 4 members (excludes halogenated alkanes) is 2. The predicted octanol–water partition coefficient (Wildman–Crippen LogP) is 10.7. The van der Waals surface area contributed by atoms with Crippen LogP contribution in [-0.2, 0) is 50.9 Å². The number of hydrogen-bond donors (Lipinski definition) is 10. The molecule has 1 amide bonds. The van der Waals surface area contributed by atoms with Crippen LogP contribution in [0.4, 0.5) is 5.69 Å². The Hall–Kier alpha value is -3.99. The van der Waals surface area contributed by atoms with Gasteiger partial charge in [0, 0.05) is 83.7 Å². The zero-order valence-corrected chi connectivity index (χ0v) is 55.8. The number of phenolic OH excluding ortho intramolecular Hbond substituents is 2. The van der Waals surface area contributed by atoms with E-state index in [-0.39, 0.29) is 70.0 Å². The molecule has 2 unspecified atom stereocenters. The standard InChI is InChI=1S/C20H27NO5S4.C13H17NO4S2.C8H9NO3.C8H14O2S2.C5H9BNO3S2/c22-15(11-14-5-6-18(23)17(12-14)20(25)26)13-29-27-10-8-21-19(24)4-2-1-3-16-7-9-28-30-16;1-18-13(17)11-7-9(2-3-12(11)16)6-10(15)8-20-19-5-4-14;1-12-8(11)6-4-5(9)2-3-7(6)10;9-8(10)4-2-1-3-7-5-6-11-12-7;7-4-10-6-1-2-11-12-3-5(8)9/h5-6,12,16,23H,1-4,7-11,13H2,(H,21,24)(H,25,26);2-3,7,16H,4-6,8,14H2,1H3;2-4,10H,9H2,1H3;7H,1-6H2,(H,9,10);4,7H,1-3H2,(H,8,9). The summed E-state index contributed by atoms with van der Waals surface area (Å²) >= 11 is 0. The molecule has 0 bridgehead atoms. The average Bonchev–Trinajstić information content (AvgIpc) is 3.70. The van der Waals surface area contributed by atoms with Gasteiger partial charge in [-0.1, -0.05) is 133 Å². The molecule has 3 aromatic rings. The number of ether oxygens (including phenoxy) is 2. The molecular formula is C54H76BN4O17S10. The number of methoxy groups -OCH3 is 2. The molecule has 2 saturated heterocycles. The predicted molar refractivity (Wildman–Crippen MR) is 362 cm³/mol. The molecule has 0 saturated carbocycles. The minimum atomic E-state index is -1.22. The van der Waals surface area contributed by atoms with Crippen molar-refractivity contribution in [2.45, 2.75) is 93.9 Å². The Bertz CT molecular complexity index is 2540. The van der Waals surface area contributed by atoms with E-state index in [4.69, 9.17) is 32.2 Å². The maximum absolute atomic E-state index is 12.0. The van der Waals surface area contributed by atoms with Crippen molar-refractivity contribution in [3.63, 3.8) is 0 Å². The number of hydrogen-bond acceptors (Lipinski definition) is 27. The fraction of sp³-hybridized carbons (Fsp3) is 0.500. The van der Waals surface area contributed by atoms with E-state index in [1.54, 1.807) is 22.9 Å². The Morgan fingerprint density at radius 3 is 1.62 bits per heavy atom. The van der Waals surface area contributed by atoms with Gasteiger partial charge in [0.15, 0.2) is 0 Å². The van der Waals surface area contributed by atoms with Gasteiger partial charge in [-0.05, 0) is 98.4 Å². The number of Topliss-reactive ketones (excluding diaryl/α,β-unsaturated/α-hetero) is 2. The Balaban J connectivity index is 0.000000572. The van der Waals surface area contributed by atoms with Crippen molar-refractivity contribution < 1.29 is 83.1 Å². The Morgan fingerprint density at radius 1 is 0.640 bits per heavy atom. The molecule has 2 fully saturated rings. The third kappa shape index (κ3) is 40.5. The Kier molecular flexibility index (Phi) is 47.3. The number of rotatable bonds is 36. The average molecular weight is 1380 g/mol. The van der Waals surface area contributed by atoms with E-state index in [1.165, 1.54) is 155 Å². The maximum atomic E-state index is 12.0. The summed E-state index contributed by atoms with van der Waals surface area (Å²) in [6.45, 7) is 1.17. The Labute approximate surface area is 542 Å². The van der Waals surface area contributed by atoms with E-state index in [9.17, 15) is 53.7 Å². The van der Waals surface area contributed by atoms with Gasteiger partial charge in [-0.15, -0.1) is 0 Å². The number of carbonyl (C=O) groups is 8. The molecule has 3 aromatic carbocycles. The van der Waals surface area contributed by atoms with Crippen LogP contribution < -0.4 is 16.8 Å². The number of phenols is 3. The summed E-state index contributed by atoms with van der Waals surface area (Å²) in [7, 11) is 20.6. The number of carbonyl (C=O) groups excluding carboxylic acids is 5. The highest BCUT2D eigenvalue weighted by molar-refractivity contribution is 8.78. The van der Waals surface area contributed by atoms with E-state index < -0.39 is 29.8 Å². The topological polar surface area (TPSA) is 374 Å². The van der Waals surface area contributed by atoms with Crippen molar-refractivity contribution in [3.05, 3.63) is 82.4 Å². The molecule has 2 aliphatic rings. The normalized spacial score (nSPS) is 13.7. The number of carboxylic acid groups (broad SMARTS) is 3. The second-order valence-electron chi connectivity index (χ2n) is 17.7. The maximum Gasteiger partial charge on any atom is 0.371 e. The first-order valence-corrected chi connectivity index (χ1v) is 38.8. The molecule has 477 valence electrons. The van der Waals surface area contributed by atoms with Crippen molar-refractivity contribution in [2.24, 2.45) is 5.73 Å². The largest absolute Gasteiger partial charge is 0.556 e. The van der Waals surface area contributed by atoms with Crippen molar-refractivity contribution in [1.29, 1.82) is 5.41 Å². The molecule has 12 N–H and O–H groups in total. The number of aromatic carboxylic acids is 1. The smallest absolute Gasteiger partial charge is 0.371 e. The number of aromatic hydroxyl groups is 3. The van der Waals surface area contributed by atoms with Gasteiger partial charge >= 0.3 is 37.3 Å². The van der Waals surface area contributed by atoms with Gasteiger partial charge in [0.05, 0.1) is 25.7 Å². The zero-order valence-electron chi connectivity index (χ0n) is 47.7. The molecule has 5 rings (SSSR count). The summed E-state index contributed by atoms with van der Waals surface area (Å²) in [5.41, 5.74) is 12.4. The summed E-state index contributed by atoms with van der Waals surface area (Å²) in [5, 5.41) is 64.9. The van der Waals surface area contributed by atoms with Crippen molar-refractivity contribution in [3.8, 4) is 17.2 Å². The highest BCUT2D eigenvalue weighted by atomic mass is 33.1. The second kappa shape index (κ2) is 50.8. The van der Waals surface area contributed by atoms with Gasteiger partial charge in [0.25, 0.3) is 0 Å². The first-order valence-electron chi connectivity index (χ1n) is 26.6. The number of amides is 1. The van der Waals surface area contributed by atoms with Gasteiger partial charge in [0.2, 0.25) is 5.91 Å². The SMILES string of the molecule is COC(=O)c1cc(CC(=O)CSSCCN)ccc1O.COC(=O)c1cc(N)ccc1O.N=CO[B]CCSSCC(=O)O.O=C(CSSCCNC(=O)CCCCC1CCSS1)Cc1ccc(O)c(C(=O)O)c1.O=C(O)CCCCC1CCSS1. The molecule has 32 heteroatoms. The lowest BCUT2D eigenvalue weighted by Crippen LogP contribution is -2.25. The highest BCUT2D eigenvalue weighted by Crippen LogP contribution is 2.41. The van der Waals surface area contributed by atoms with Crippen LogP contribution in [0, 0.1) is 5.41 Å². The summed E-state index contributed by atoms with van der Waals surface area (Å²) in [6.07, 6.45) is 11.8. The fourth-order valence-corrected chi connectivity index (χ4v) is 18.1. The lowest BCUT2D eigenvalue weighted by atomic mass is 9.98. The number of benzene rings is 3. The quantitative estimate of drug-likeness (QED) is 0.00378. The third-order valence-corrected chi connectivity index (χ3v) is 23.8. The van der Waals surface area contributed by atoms with E-state index >= 15 is 0 Å². The number of nitrogens with one attached hydrogen (secondary N) is 2. The van der Waals surface area contributed by atoms with Crippen molar-refractivity contribution in [2.75, 3.05) is 79.1 Å². The Morgan fingerprint density at radius 2 is 1.13 bits per heavy atom. The van der Waals surface area contributed by atoms with Gasteiger partial charge in [-0.25, -0.2) is 14.4 Å². The molecule has 0 aromatic heterocycles. The summed E-state index contributed by atoms with van der Waals surface area (Å²) < 4.78 is 13.5. The lowest BCUT2D eigenvalue weighted by molar-refractivity contribution is -0.137. The van der Waals surface area contributed by atoms with E-state index in [2.05, 4.69) is 19.4 Å². The first-order chi connectivity index (χ1) is 41.2. The molecule has 86 heavy (non-hydrogen) atoms. The monoisotopic (exact) mass is 1380 g/mol. The summed E-state index contributed by atoms with van der Waals surface area (Å²) in [6, 6.07) is 12.9. The molecule has 21 nitrogen and oxygen atoms in total. The number of aliphatic carboxylic acids is 2. The number of carboxylic acids is 3. The van der Waals surface area contributed by atoms with Crippen LogP contribution in [0.1, 0.15) is 106 Å². The van der Waals surface area contributed by atoms with Crippen LogP contribution in [0.15, 0.2) is 54.6 Å². The number of ketones is 2. The molecule has 2 heterocycles. The van der Waals surface area contributed by atoms with Crippen molar-refractivity contribution in [1.82, 2.24) is 5.32 Å². The summed E-state index contributed by atoms with van der Waals surface area (Å²) in [4.78, 5) is 89.3. The minimum absolute atomic E-state index is 0.0163. The molecular weight excluding hydrogens is 1310 g/mol. The van der Waals surface area contributed by atoms with Crippen LogP contribution in [0.5, 0.6) is 17.2 Å². The zero-order chi connectivity index (χ0) is 63.9. The molecule has 1 radical (unpaired) electrons. The van der Waals surface area contributed by atoms with Gasteiger partial charge < -0.3 is 61.6 Å². The number of anilines is 1. The molecule has 2 atom stereocenters. The number of nitrogen functional groups attached to an aromatic ring is 1. The van der Waals surface area contributed by atoms with Gasteiger partial charge in [-0.3, -0.25) is 29.4 Å². The van der Waals surface area contributed by atoms with Crippen molar-refractivity contribution >= 4 is 175 Å². The molecule has 0 aliphatic carbocycles. The van der Waals surface area contributed by atoms with Crippen LogP contribution in [0.3, 0.4) is 0 Å². The highest BCUT2D eigenvalue weighted by Gasteiger charge is 2.18. The van der Waals surface area contributed by atoms with Gasteiger partial charge in [0.1, 0.15) is 57.7 Å². The molecule has 0 spiro atoms. The van der Waals surface area contributed by atoms with Crippen LogP contribution in [-0.4, -0.2) is 176 Å². The molecule has 2 aliphatic heterocycles. The first kappa shape index (κ1) is 80.0. The van der Waals surface area contributed by atoms with Crippen LogP contribution in [0.25, 0.3) is 0 Å². The van der Waals surface area contributed by atoms with Crippen LogP contribution >= 0.6 is 108 Å². The number of esters is 2. The second-order valence-corrected chi connectivity index (χ2v) is 31.1. The lowest BCUT2D eigenvalue weighted by Gasteiger charge is -2.07. The minimum Gasteiger partial charge on any atom is -0.556 e. The summed E-state index contributed by atoms with van der Waals surface area (Å²) in [5.74, 6) is 1.31. The fourth-order valence-electron chi connectivity index (χ4n) is 6.71. The van der Waals surface area contributed by atoms with E-state index in [1.807, 2.05) is 43.2 Å². The van der Waals surface area contributed by atoms with Gasteiger partial charge in [-0.2, -0.15) is 0 Å². The van der Waals surface area contributed by atoms with E-state index in [0.717, 1.165) is 59.8 Å². The van der Waals surface area contributed by atoms with E-state index in [0.29, 0.717) is 60.6 Å². The third-order valence-electron chi connectivity index (χ3n) is 10.9. The van der Waals surface area contributed by atoms with Crippen LogP contribution in [0.2, 0.25) is 6.32 Å². The number of nitrogens with two attached hydrogens (primary N) is 2.